The second-order valence-corrected chi connectivity index (χ2v) is 6.15. The minimum atomic E-state index is 0. The molecule has 2 aliphatic heterocycles. The number of nitrogens with zero attached hydrogens (tertiary/aromatic N) is 1. The average molecular weight is 306 g/mol. The maximum absolute atomic E-state index is 12.1. The Bertz CT molecular complexity index is 301. The highest BCUT2D eigenvalue weighted by molar-refractivity contribution is 5.85. The van der Waals surface area contributed by atoms with Crippen LogP contribution in [-0.4, -0.2) is 62.3 Å². The third-order valence-corrected chi connectivity index (χ3v) is 4.27. The number of halogens is 1. The van der Waals surface area contributed by atoms with Gasteiger partial charge in [-0.2, -0.15) is 0 Å². The van der Waals surface area contributed by atoms with Crippen molar-refractivity contribution in [3.8, 4) is 0 Å². The summed E-state index contributed by atoms with van der Waals surface area (Å²) in [5, 5.41) is 6.43. The second kappa shape index (κ2) is 8.17. The van der Waals surface area contributed by atoms with Crippen molar-refractivity contribution in [2.75, 3.05) is 45.9 Å². The van der Waals surface area contributed by atoms with Crippen LogP contribution in [0.2, 0.25) is 0 Å². The van der Waals surface area contributed by atoms with Crippen molar-refractivity contribution in [2.24, 2.45) is 5.92 Å². The first kappa shape index (κ1) is 17.7. The van der Waals surface area contributed by atoms with Crippen LogP contribution in [0.15, 0.2) is 0 Å². The zero-order valence-corrected chi connectivity index (χ0v) is 13.4. The second-order valence-electron chi connectivity index (χ2n) is 6.15. The third kappa shape index (κ3) is 4.88. The van der Waals surface area contributed by atoms with Crippen LogP contribution in [0.5, 0.6) is 0 Å². The number of amides is 1. The normalized spacial score (nSPS) is 22.1. The van der Waals surface area contributed by atoms with Crippen molar-refractivity contribution < 1.29 is 9.53 Å². The number of nitrogens with one attached hydrogen (secondary N) is 2. The van der Waals surface area contributed by atoms with Crippen molar-refractivity contribution in [1.82, 2.24) is 15.5 Å². The Labute approximate surface area is 128 Å². The predicted molar refractivity (Wildman–Crippen MR) is 82.3 cm³/mol. The standard InChI is InChI=1S/C14H27N3O2.ClH/c1-14(2,17-7-9-19-10-8-17)11-16-13(18)12-3-5-15-6-4-12;/h12,15H,3-11H2,1-2H3,(H,16,18);1H. The molecule has 1 amide bonds. The zero-order valence-electron chi connectivity index (χ0n) is 12.6. The lowest BCUT2D eigenvalue weighted by Crippen LogP contribution is -2.56. The van der Waals surface area contributed by atoms with E-state index in [0.29, 0.717) is 0 Å². The van der Waals surface area contributed by atoms with Gasteiger partial charge in [-0.3, -0.25) is 9.69 Å². The molecule has 2 N–H and O–H groups in total. The lowest BCUT2D eigenvalue weighted by atomic mass is 9.96. The van der Waals surface area contributed by atoms with Gasteiger partial charge in [-0.25, -0.2) is 0 Å². The Balaban J connectivity index is 0.00000200. The van der Waals surface area contributed by atoms with Gasteiger partial charge < -0.3 is 15.4 Å². The Morgan fingerprint density at radius 1 is 1.30 bits per heavy atom. The zero-order chi connectivity index (χ0) is 13.7. The summed E-state index contributed by atoms with van der Waals surface area (Å²) >= 11 is 0. The number of rotatable bonds is 4. The summed E-state index contributed by atoms with van der Waals surface area (Å²) in [6.45, 7) is 10.5. The molecular weight excluding hydrogens is 278 g/mol. The summed E-state index contributed by atoms with van der Waals surface area (Å²) in [5.41, 5.74) is 0.00631. The van der Waals surface area contributed by atoms with Gasteiger partial charge in [0.05, 0.1) is 13.2 Å². The van der Waals surface area contributed by atoms with E-state index in [1.165, 1.54) is 0 Å². The van der Waals surface area contributed by atoms with E-state index in [4.69, 9.17) is 4.74 Å². The number of morpholine rings is 1. The van der Waals surface area contributed by atoms with Crippen LogP contribution in [0.25, 0.3) is 0 Å². The Morgan fingerprint density at radius 3 is 2.50 bits per heavy atom. The molecule has 0 radical (unpaired) electrons. The lowest BCUT2D eigenvalue weighted by Gasteiger charge is -2.41. The lowest BCUT2D eigenvalue weighted by molar-refractivity contribution is -0.126. The van der Waals surface area contributed by atoms with Crippen LogP contribution < -0.4 is 10.6 Å². The van der Waals surface area contributed by atoms with Gasteiger partial charge in [0.2, 0.25) is 5.91 Å². The molecule has 2 rings (SSSR count). The first-order valence-corrected chi connectivity index (χ1v) is 7.41. The van der Waals surface area contributed by atoms with Gasteiger partial charge in [0, 0.05) is 31.1 Å². The molecule has 0 unspecified atom stereocenters. The molecule has 2 aliphatic rings. The number of carbonyl (C=O) groups is 1. The van der Waals surface area contributed by atoms with Gasteiger partial charge in [0.25, 0.3) is 0 Å². The van der Waals surface area contributed by atoms with E-state index >= 15 is 0 Å². The van der Waals surface area contributed by atoms with Crippen molar-refractivity contribution in [2.45, 2.75) is 32.2 Å². The molecule has 0 aliphatic carbocycles. The molecule has 118 valence electrons. The molecule has 0 atom stereocenters. The Morgan fingerprint density at radius 2 is 1.90 bits per heavy atom. The van der Waals surface area contributed by atoms with E-state index in [-0.39, 0.29) is 29.8 Å². The Kier molecular flexibility index (Phi) is 7.23. The molecule has 2 heterocycles. The maximum atomic E-state index is 12.1. The molecule has 0 aromatic rings. The highest BCUT2D eigenvalue weighted by Crippen LogP contribution is 2.16. The van der Waals surface area contributed by atoms with E-state index in [2.05, 4.69) is 29.4 Å². The van der Waals surface area contributed by atoms with Gasteiger partial charge in [-0.05, 0) is 39.8 Å². The van der Waals surface area contributed by atoms with Gasteiger partial charge >= 0.3 is 0 Å². The largest absolute Gasteiger partial charge is 0.379 e. The smallest absolute Gasteiger partial charge is 0.223 e. The summed E-state index contributed by atoms with van der Waals surface area (Å²) in [6.07, 6.45) is 1.92. The molecule has 0 bridgehead atoms. The third-order valence-electron chi connectivity index (χ3n) is 4.27. The summed E-state index contributed by atoms with van der Waals surface area (Å²) < 4.78 is 5.38. The summed E-state index contributed by atoms with van der Waals surface area (Å²) in [6, 6.07) is 0. The molecule has 0 aromatic heterocycles. The fourth-order valence-electron chi connectivity index (χ4n) is 2.81. The van der Waals surface area contributed by atoms with Crippen LogP contribution in [-0.2, 0) is 9.53 Å². The molecule has 0 aromatic carbocycles. The van der Waals surface area contributed by atoms with Gasteiger partial charge in [0.15, 0.2) is 0 Å². The van der Waals surface area contributed by atoms with Crippen LogP contribution in [0.1, 0.15) is 26.7 Å². The van der Waals surface area contributed by atoms with Crippen LogP contribution in [0.3, 0.4) is 0 Å². The van der Waals surface area contributed by atoms with Crippen LogP contribution in [0.4, 0.5) is 0 Å². The van der Waals surface area contributed by atoms with E-state index in [9.17, 15) is 4.79 Å². The van der Waals surface area contributed by atoms with E-state index in [1.807, 2.05) is 0 Å². The average Bonchev–Trinajstić information content (AvgIpc) is 2.47. The van der Waals surface area contributed by atoms with Gasteiger partial charge in [-0.15, -0.1) is 12.4 Å². The quantitative estimate of drug-likeness (QED) is 0.800. The van der Waals surface area contributed by atoms with Crippen molar-refractivity contribution in [1.29, 1.82) is 0 Å². The highest BCUT2D eigenvalue weighted by atomic mass is 35.5. The number of piperidine rings is 1. The molecule has 6 heteroatoms. The number of hydrogen-bond acceptors (Lipinski definition) is 4. The molecular formula is C14H28ClN3O2. The molecule has 2 saturated heterocycles. The molecule has 2 fully saturated rings. The number of carbonyl (C=O) groups excluding carboxylic acids is 1. The predicted octanol–water partition coefficient (Wildman–Crippen LogP) is 0.635. The minimum absolute atomic E-state index is 0. The van der Waals surface area contributed by atoms with E-state index in [0.717, 1.165) is 58.8 Å². The monoisotopic (exact) mass is 305 g/mol. The molecule has 20 heavy (non-hydrogen) atoms. The summed E-state index contributed by atoms with van der Waals surface area (Å²) in [4.78, 5) is 14.5. The fourth-order valence-corrected chi connectivity index (χ4v) is 2.81. The molecule has 5 nitrogen and oxygen atoms in total. The minimum Gasteiger partial charge on any atom is -0.379 e. The van der Waals surface area contributed by atoms with Crippen molar-refractivity contribution >= 4 is 18.3 Å². The van der Waals surface area contributed by atoms with Crippen molar-refractivity contribution in [3.63, 3.8) is 0 Å². The highest BCUT2D eigenvalue weighted by Gasteiger charge is 2.29. The summed E-state index contributed by atoms with van der Waals surface area (Å²) in [7, 11) is 0. The number of ether oxygens (including phenoxy) is 1. The first-order valence-electron chi connectivity index (χ1n) is 7.41. The first-order chi connectivity index (χ1) is 9.09. The fraction of sp³-hybridized carbons (Fsp3) is 0.929. The van der Waals surface area contributed by atoms with E-state index < -0.39 is 0 Å². The van der Waals surface area contributed by atoms with Crippen LogP contribution in [0, 0.1) is 5.92 Å². The topological polar surface area (TPSA) is 53.6 Å². The maximum Gasteiger partial charge on any atom is 0.223 e. The Hall–Kier alpha value is -0.360. The number of hydrogen-bond donors (Lipinski definition) is 2. The van der Waals surface area contributed by atoms with Crippen LogP contribution >= 0.6 is 12.4 Å². The van der Waals surface area contributed by atoms with Gasteiger partial charge in [0.1, 0.15) is 0 Å². The van der Waals surface area contributed by atoms with E-state index in [1.54, 1.807) is 0 Å². The molecule has 0 spiro atoms. The van der Waals surface area contributed by atoms with Crippen molar-refractivity contribution in [3.05, 3.63) is 0 Å². The SMILES string of the molecule is CC(C)(CNC(=O)C1CCNCC1)N1CCOCC1.Cl. The molecule has 0 saturated carbocycles. The summed E-state index contributed by atoms with van der Waals surface area (Å²) in [5.74, 6) is 0.421. The van der Waals surface area contributed by atoms with Gasteiger partial charge in [-0.1, -0.05) is 0 Å².